The molecule has 0 saturated carbocycles. The zero-order valence-corrected chi connectivity index (χ0v) is 10.3. The second-order valence-corrected chi connectivity index (χ2v) is 3.89. The van der Waals surface area contributed by atoms with Crippen molar-refractivity contribution in [3.05, 3.63) is 48.1 Å². The SMILES string of the molecule is C=CCNC(C)(C(=O)OC)c1cccc(F)c1F. The number of nitrogens with one attached hydrogen (secondary N) is 1. The summed E-state index contributed by atoms with van der Waals surface area (Å²) in [7, 11) is 1.19. The van der Waals surface area contributed by atoms with E-state index in [0.29, 0.717) is 0 Å². The van der Waals surface area contributed by atoms with E-state index in [0.717, 1.165) is 6.07 Å². The van der Waals surface area contributed by atoms with Crippen LogP contribution in [-0.4, -0.2) is 19.6 Å². The minimum Gasteiger partial charge on any atom is -0.467 e. The van der Waals surface area contributed by atoms with Gasteiger partial charge in [-0.1, -0.05) is 18.2 Å². The number of carbonyl (C=O) groups excluding carboxylic acids is 1. The number of ether oxygens (including phenoxy) is 1. The van der Waals surface area contributed by atoms with Crippen LogP contribution in [0.5, 0.6) is 0 Å². The van der Waals surface area contributed by atoms with Gasteiger partial charge in [0.15, 0.2) is 11.6 Å². The second kappa shape index (κ2) is 5.73. The van der Waals surface area contributed by atoms with Gasteiger partial charge in [-0.3, -0.25) is 5.32 Å². The van der Waals surface area contributed by atoms with E-state index in [1.807, 2.05) is 0 Å². The molecule has 0 amide bonds. The van der Waals surface area contributed by atoms with Crippen LogP contribution in [0, 0.1) is 11.6 Å². The van der Waals surface area contributed by atoms with Crippen molar-refractivity contribution in [3.63, 3.8) is 0 Å². The fraction of sp³-hybridized carbons (Fsp3) is 0.308. The smallest absolute Gasteiger partial charge is 0.330 e. The van der Waals surface area contributed by atoms with E-state index < -0.39 is 23.1 Å². The number of hydrogen-bond acceptors (Lipinski definition) is 3. The van der Waals surface area contributed by atoms with Crippen molar-refractivity contribution in [1.82, 2.24) is 5.32 Å². The average molecular weight is 255 g/mol. The summed E-state index contributed by atoms with van der Waals surface area (Å²) in [6, 6.07) is 3.67. The molecule has 0 aliphatic carbocycles. The molecule has 1 unspecified atom stereocenters. The van der Waals surface area contributed by atoms with E-state index in [1.165, 1.54) is 32.2 Å². The highest BCUT2D eigenvalue weighted by atomic mass is 19.2. The summed E-state index contributed by atoms with van der Waals surface area (Å²) < 4.78 is 31.6. The molecule has 1 aromatic rings. The Morgan fingerprint density at radius 1 is 1.56 bits per heavy atom. The van der Waals surface area contributed by atoms with Crippen LogP contribution in [0.1, 0.15) is 12.5 Å². The van der Waals surface area contributed by atoms with Crippen LogP contribution in [0.15, 0.2) is 30.9 Å². The summed E-state index contributed by atoms with van der Waals surface area (Å²) in [6.45, 7) is 5.18. The molecule has 98 valence electrons. The molecule has 1 atom stereocenters. The van der Waals surface area contributed by atoms with E-state index in [4.69, 9.17) is 0 Å². The van der Waals surface area contributed by atoms with E-state index in [2.05, 4.69) is 16.6 Å². The predicted octanol–water partition coefficient (Wildman–Crippen LogP) is 2.13. The van der Waals surface area contributed by atoms with Gasteiger partial charge in [-0.2, -0.15) is 0 Å². The Hall–Kier alpha value is -1.75. The third kappa shape index (κ3) is 2.56. The number of rotatable bonds is 5. The number of esters is 1. The monoisotopic (exact) mass is 255 g/mol. The van der Waals surface area contributed by atoms with Crippen LogP contribution in [0.4, 0.5) is 8.78 Å². The van der Waals surface area contributed by atoms with Gasteiger partial charge in [-0.05, 0) is 13.0 Å². The van der Waals surface area contributed by atoms with Gasteiger partial charge in [0.1, 0.15) is 5.54 Å². The van der Waals surface area contributed by atoms with Gasteiger partial charge in [-0.15, -0.1) is 6.58 Å². The summed E-state index contributed by atoms with van der Waals surface area (Å²) in [5.41, 5.74) is -1.56. The van der Waals surface area contributed by atoms with Gasteiger partial charge in [0.2, 0.25) is 0 Å². The molecule has 0 aliphatic heterocycles. The fourth-order valence-electron chi connectivity index (χ4n) is 1.65. The van der Waals surface area contributed by atoms with Gasteiger partial charge in [0.05, 0.1) is 7.11 Å². The molecule has 5 heteroatoms. The first-order chi connectivity index (χ1) is 8.47. The van der Waals surface area contributed by atoms with Crippen LogP contribution in [0.3, 0.4) is 0 Å². The molecule has 0 aliphatic rings. The summed E-state index contributed by atoms with van der Waals surface area (Å²) in [4.78, 5) is 11.8. The van der Waals surface area contributed by atoms with Crippen molar-refractivity contribution in [3.8, 4) is 0 Å². The molecule has 0 spiro atoms. The molecule has 1 N–H and O–H groups in total. The lowest BCUT2D eigenvalue weighted by atomic mass is 9.91. The van der Waals surface area contributed by atoms with Gasteiger partial charge in [0.25, 0.3) is 0 Å². The molecular formula is C13H15F2NO2. The van der Waals surface area contributed by atoms with Crippen LogP contribution in [0.25, 0.3) is 0 Å². The topological polar surface area (TPSA) is 38.3 Å². The molecule has 0 heterocycles. The number of carbonyl (C=O) groups is 1. The molecule has 1 rings (SSSR count). The largest absolute Gasteiger partial charge is 0.467 e. The second-order valence-electron chi connectivity index (χ2n) is 3.89. The maximum atomic E-state index is 13.8. The molecule has 18 heavy (non-hydrogen) atoms. The highest BCUT2D eigenvalue weighted by Crippen LogP contribution is 2.26. The van der Waals surface area contributed by atoms with E-state index in [9.17, 15) is 13.6 Å². The van der Waals surface area contributed by atoms with Gasteiger partial charge < -0.3 is 4.74 Å². The summed E-state index contributed by atoms with van der Waals surface area (Å²) in [6.07, 6.45) is 1.51. The van der Waals surface area contributed by atoms with Crippen molar-refractivity contribution < 1.29 is 18.3 Å². The van der Waals surface area contributed by atoms with Crippen molar-refractivity contribution in [2.45, 2.75) is 12.5 Å². The van der Waals surface area contributed by atoms with Gasteiger partial charge in [0, 0.05) is 12.1 Å². The Balaban J connectivity index is 3.29. The van der Waals surface area contributed by atoms with Gasteiger partial charge >= 0.3 is 5.97 Å². The molecule has 0 radical (unpaired) electrons. The lowest BCUT2D eigenvalue weighted by Crippen LogP contribution is -2.48. The van der Waals surface area contributed by atoms with Gasteiger partial charge in [-0.25, -0.2) is 13.6 Å². The van der Waals surface area contributed by atoms with E-state index >= 15 is 0 Å². The standard InChI is InChI=1S/C13H15F2NO2/c1-4-8-16-13(2,12(17)18-3)9-6-5-7-10(14)11(9)15/h4-7,16H,1,8H2,2-3H3. The van der Waals surface area contributed by atoms with E-state index in [-0.39, 0.29) is 12.1 Å². The summed E-state index contributed by atoms with van der Waals surface area (Å²) >= 11 is 0. The first-order valence-corrected chi connectivity index (χ1v) is 5.36. The quantitative estimate of drug-likeness (QED) is 0.647. The minimum absolute atomic E-state index is 0.101. The molecule has 1 aromatic carbocycles. The third-order valence-corrected chi connectivity index (χ3v) is 2.68. The molecular weight excluding hydrogens is 240 g/mol. The maximum absolute atomic E-state index is 13.8. The highest BCUT2D eigenvalue weighted by Gasteiger charge is 2.38. The number of methoxy groups -OCH3 is 1. The fourth-order valence-corrected chi connectivity index (χ4v) is 1.65. The normalized spacial score (nSPS) is 13.8. The summed E-state index contributed by atoms with van der Waals surface area (Å²) in [5, 5.41) is 2.78. The third-order valence-electron chi connectivity index (χ3n) is 2.68. The number of hydrogen-bond donors (Lipinski definition) is 1. The van der Waals surface area contributed by atoms with Crippen molar-refractivity contribution in [2.75, 3.05) is 13.7 Å². The average Bonchev–Trinajstić information content (AvgIpc) is 2.38. The molecule has 0 saturated heterocycles. The Bertz CT molecular complexity index is 462. The van der Waals surface area contributed by atoms with E-state index in [1.54, 1.807) is 0 Å². The van der Waals surface area contributed by atoms with Crippen molar-refractivity contribution in [2.24, 2.45) is 0 Å². The Morgan fingerprint density at radius 2 is 2.22 bits per heavy atom. The predicted molar refractivity (Wildman–Crippen MR) is 63.9 cm³/mol. The maximum Gasteiger partial charge on any atom is 0.330 e. The summed E-state index contributed by atoms with van der Waals surface area (Å²) in [5.74, 6) is -2.78. The molecule has 0 bridgehead atoms. The molecule has 0 fully saturated rings. The van der Waals surface area contributed by atoms with Crippen molar-refractivity contribution >= 4 is 5.97 Å². The molecule has 0 aromatic heterocycles. The Labute approximate surface area is 104 Å². The Kier molecular flexibility index (Phi) is 4.55. The zero-order chi connectivity index (χ0) is 13.8. The zero-order valence-electron chi connectivity index (χ0n) is 10.3. The highest BCUT2D eigenvalue weighted by molar-refractivity contribution is 5.82. The number of halogens is 2. The first-order valence-electron chi connectivity index (χ1n) is 5.36. The number of benzene rings is 1. The minimum atomic E-state index is -1.46. The molecule has 3 nitrogen and oxygen atoms in total. The lowest BCUT2D eigenvalue weighted by molar-refractivity contribution is -0.148. The van der Waals surface area contributed by atoms with Crippen LogP contribution < -0.4 is 5.32 Å². The van der Waals surface area contributed by atoms with Crippen molar-refractivity contribution in [1.29, 1.82) is 0 Å². The van der Waals surface area contributed by atoms with Crippen LogP contribution in [0.2, 0.25) is 0 Å². The van der Waals surface area contributed by atoms with Crippen LogP contribution >= 0.6 is 0 Å². The Morgan fingerprint density at radius 3 is 2.78 bits per heavy atom. The lowest BCUT2D eigenvalue weighted by Gasteiger charge is -2.28. The van der Waals surface area contributed by atoms with Crippen LogP contribution in [-0.2, 0) is 15.1 Å². The first kappa shape index (κ1) is 14.3.